The van der Waals surface area contributed by atoms with Gasteiger partial charge in [-0.05, 0) is 44.9 Å². The normalized spacial score (nSPS) is 24.6. The van der Waals surface area contributed by atoms with E-state index >= 15 is 0 Å². The van der Waals surface area contributed by atoms with Crippen LogP contribution in [0.25, 0.3) is 0 Å². The summed E-state index contributed by atoms with van der Waals surface area (Å²) in [5.74, 6) is -0.501. The summed E-state index contributed by atoms with van der Waals surface area (Å²) in [6, 6.07) is 0. The van der Waals surface area contributed by atoms with Crippen molar-refractivity contribution < 1.29 is 44.2 Å². The molecule has 1 heterocycles. The van der Waals surface area contributed by atoms with Crippen molar-refractivity contribution in [3.63, 3.8) is 0 Å². The Labute approximate surface area is 240 Å². The van der Waals surface area contributed by atoms with E-state index in [0.717, 1.165) is 51.4 Å². The van der Waals surface area contributed by atoms with Crippen molar-refractivity contribution in [3.8, 4) is 0 Å². The number of unbranched alkanes of at least 4 members (excludes halogenated alkanes) is 5. The second-order valence-electron chi connectivity index (χ2n) is 9.89. The molecule has 1 aliphatic rings. The maximum Gasteiger partial charge on any atom is 0.303 e. The minimum absolute atomic E-state index is 0.114. The molecule has 0 aromatic heterocycles. The topological polar surface area (TPSA) is 135 Å². The average Bonchev–Trinajstić information content (AvgIpc) is 2.94. The second kappa shape index (κ2) is 23.8. The largest absolute Gasteiger partial charge is 0.458 e. The maximum absolute atomic E-state index is 11.4. The Bertz CT molecular complexity index is 747. The first-order chi connectivity index (χ1) is 19.4. The molecule has 0 amide bonds. The van der Waals surface area contributed by atoms with E-state index in [0.29, 0.717) is 6.61 Å². The third-order valence-corrected chi connectivity index (χ3v) is 6.31. The lowest BCUT2D eigenvalue weighted by atomic mass is 9.99. The molecule has 4 N–H and O–H groups in total. The molecule has 0 spiro atoms. The summed E-state index contributed by atoms with van der Waals surface area (Å²) in [5.41, 5.74) is 0. The van der Waals surface area contributed by atoms with Gasteiger partial charge in [-0.3, -0.25) is 4.79 Å². The Hall–Kier alpha value is -1.85. The number of rotatable bonds is 22. The number of allylic oxidation sites excluding steroid dienone is 8. The van der Waals surface area contributed by atoms with E-state index in [9.17, 15) is 25.2 Å². The number of hydrogen-bond acceptors (Lipinski definition) is 9. The monoisotopic (exact) mass is 568 g/mol. The molecule has 230 valence electrons. The summed E-state index contributed by atoms with van der Waals surface area (Å²) in [7, 11) is 0. The number of aliphatic hydroxyl groups is 4. The quantitative estimate of drug-likeness (QED) is 0.0871. The minimum atomic E-state index is -1.53. The van der Waals surface area contributed by atoms with Gasteiger partial charge in [0.15, 0.2) is 6.29 Å². The Balaban J connectivity index is 2.10. The van der Waals surface area contributed by atoms with E-state index in [1.807, 2.05) is 0 Å². The molecular weight excluding hydrogens is 516 g/mol. The van der Waals surface area contributed by atoms with Crippen molar-refractivity contribution in [2.75, 3.05) is 26.4 Å². The zero-order chi connectivity index (χ0) is 29.4. The highest BCUT2D eigenvalue weighted by Crippen LogP contribution is 2.22. The summed E-state index contributed by atoms with van der Waals surface area (Å²) < 4.78 is 21.7. The van der Waals surface area contributed by atoms with Crippen molar-refractivity contribution in [2.45, 2.75) is 115 Å². The molecule has 0 radical (unpaired) electrons. The molecule has 0 saturated carbocycles. The molecule has 6 unspecified atom stereocenters. The highest BCUT2D eigenvalue weighted by atomic mass is 16.7. The van der Waals surface area contributed by atoms with Gasteiger partial charge in [0, 0.05) is 13.5 Å². The minimum Gasteiger partial charge on any atom is -0.458 e. The van der Waals surface area contributed by atoms with Crippen LogP contribution in [0.5, 0.6) is 0 Å². The molecular formula is C31H52O9. The molecule has 1 fully saturated rings. The number of ether oxygens (including phenoxy) is 4. The van der Waals surface area contributed by atoms with Gasteiger partial charge in [0.2, 0.25) is 0 Å². The number of aliphatic hydroxyl groups excluding tert-OH is 4. The van der Waals surface area contributed by atoms with Gasteiger partial charge in [0.05, 0.1) is 19.8 Å². The number of esters is 1. The van der Waals surface area contributed by atoms with Crippen LogP contribution < -0.4 is 0 Å². The molecule has 0 bridgehead atoms. The fourth-order valence-corrected chi connectivity index (χ4v) is 4.07. The van der Waals surface area contributed by atoms with Gasteiger partial charge in [-0.1, -0.05) is 74.8 Å². The maximum atomic E-state index is 11.4. The van der Waals surface area contributed by atoms with Crippen molar-refractivity contribution in [2.24, 2.45) is 0 Å². The van der Waals surface area contributed by atoms with Gasteiger partial charge in [-0.25, -0.2) is 0 Å². The zero-order valence-electron chi connectivity index (χ0n) is 24.3. The average molecular weight is 569 g/mol. The Morgan fingerprint density at radius 1 is 0.800 bits per heavy atom. The highest BCUT2D eigenvalue weighted by Gasteiger charge is 2.44. The molecule has 6 atom stereocenters. The highest BCUT2D eigenvalue weighted by molar-refractivity contribution is 5.66. The first-order valence-electron chi connectivity index (χ1n) is 14.7. The summed E-state index contributed by atoms with van der Waals surface area (Å²) in [6.45, 7) is 3.37. The Morgan fingerprint density at radius 3 is 2.02 bits per heavy atom. The van der Waals surface area contributed by atoms with Gasteiger partial charge in [-0.2, -0.15) is 0 Å². The van der Waals surface area contributed by atoms with Crippen LogP contribution in [-0.2, 0) is 23.7 Å². The van der Waals surface area contributed by atoms with Crippen LogP contribution in [0.1, 0.15) is 78.1 Å². The number of carbonyl (C=O) groups excluding carboxylic acids is 1. The van der Waals surface area contributed by atoms with E-state index in [-0.39, 0.29) is 13.2 Å². The van der Waals surface area contributed by atoms with E-state index < -0.39 is 49.4 Å². The predicted octanol–water partition coefficient (Wildman–Crippen LogP) is 3.90. The van der Waals surface area contributed by atoms with Crippen molar-refractivity contribution >= 4 is 5.97 Å². The third kappa shape index (κ3) is 17.1. The Kier molecular flexibility index (Phi) is 21.5. The van der Waals surface area contributed by atoms with Gasteiger partial charge >= 0.3 is 5.97 Å². The molecule has 1 rings (SSSR count). The SMILES string of the molecule is CC/C=C\C/C=C\C/C=C\C/C=C\CCCCCCCOCC(COC1OC(CO)C(O)C(O)C1O)OC(C)=O. The van der Waals surface area contributed by atoms with Crippen LogP contribution in [0.3, 0.4) is 0 Å². The second-order valence-corrected chi connectivity index (χ2v) is 9.89. The van der Waals surface area contributed by atoms with Crippen LogP contribution in [-0.4, -0.2) is 89.6 Å². The van der Waals surface area contributed by atoms with Gasteiger partial charge in [-0.15, -0.1) is 0 Å². The fourth-order valence-electron chi connectivity index (χ4n) is 4.07. The van der Waals surface area contributed by atoms with E-state index in [1.165, 1.54) is 19.8 Å². The summed E-state index contributed by atoms with van der Waals surface area (Å²) in [5, 5.41) is 39.1. The molecule has 0 aromatic carbocycles. The molecule has 1 aliphatic heterocycles. The van der Waals surface area contributed by atoms with E-state index in [2.05, 4.69) is 55.5 Å². The fraction of sp³-hybridized carbons (Fsp3) is 0.710. The van der Waals surface area contributed by atoms with E-state index in [1.54, 1.807) is 0 Å². The van der Waals surface area contributed by atoms with Crippen molar-refractivity contribution in [1.82, 2.24) is 0 Å². The van der Waals surface area contributed by atoms with Gasteiger partial charge < -0.3 is 39.4 Å². The van der Waals surface area contributed by atoms with Crippen LogP contribution >= 0.6 is 0 Å². The predicted molar refractivity (Wildman–Crippen MR) is 154 cm³/mol. The van der Waals surface area contributed by atoms with Crippen LogP contribution in [0.15, 0.2) is 48.6 Å². The number of hydrogen-bond donors (Lipinski definition) is 4. The van der Waals surface area contributed by atoms with Crippen molar-refractivity contribution in [3.05, 3.63) is 48.6 Å². The molecule has 1 saturated heterocycles. The number of carbonyl (C=O) groups is 1. The summed E-state index contributed by atoms with van der Waals surface area (Å²) >= 11 is 0. The van der Waals surface area contributed by atoms with Gasteiger partial charge in [0.1, 0.15) is 30.5 Å². The molecule has 9 nitrogen and oxygen atoms in total. The first-order valence-corrected chi connectivity index (χ1v) is 14.7. The molecule has 9 heteroatoms. The van der Waals surface area contributed by atoms with Gasteiger partial charge in [0.25, 0.3) is 0 Å². The molecule has 40 heavy (non-hydrogen) atoms. The molecule has 0 aromatic rings. The Morgan fingerprint density at radius 2 is 1.40 bits per heavy atom. The van der Waals surface area contributed by atoms with Crippen LogP contribution in [0.4, 0.5) is 0 Å². The molecule has 0 aliphatic carbocycles. The smallest absolute Gasteiger partial charge is 0.303 e. The lowest BCUT2D eigenvalue weighted by Crippen LogP contribution is -2.59. The lowest BCUT2D eigenvalue weighted by Gasteiger charge is -2.39. The first kappa shape index (κ1) is 36.2. The standard InChI is InChI=1S/C31H52O9/c1-3-4-5-6-7-8-9-10-11-12-13-14-15-16-17-18-19-20-21-37-23-26(39-25(2)33)24-38-31-30(36)29(35)28(34)27(22-32)40-31/h4-5,7-8,10-11,13-14,26-32,34-36H,3,6,9,12,15-24H2,1-2H3/b5-4-,8-7-,11-10-,14-13-. The zero-order valence-corrected chi connectivity index (χ0v) is 24.3. The summed E-state index contributed by atoms with van der Waals surface area (Å²) in [4.78, 5) is 11.4. The van der Waals surface area contributed by atoms with Crippen LogP contribution in [0.2, 0.25) is 0 Å². The van der Waals surface area contributed by atoms with E-state index in [4.69, 9.17) is 18.9 Å². The van der Waals surface area contributed by atoms with Crippen LogP contribution in [0, 0.1) is 0 Å². The third-order valence-electron chi connectivity index (χ3n) is 6.31. The van der Waals surface area contributed by atoms with Crippen molar-refractivity contribution in [1.29, 1.82) is 0 Å². The summed E-state index contributed by atoms with van der Waals surface area (Å²) in [6.07, 6.45) is 20.6. The lowest BCUT2D eigenvalue weighted by molar-refractivity contribution is -0.305.